The molecule has 0 aromatic heterocycles. The molecule has 0 radical (unpaired) electrons. The SMILES string of the molecule is O=C(CN1CCN(C/C=C/c2ccccc2)CC1)Nc1ccc(F)c(Cl)c1. The van der Waals surface area contributed by atoms with Crippen LogP contribution in [0.15, 0.2) is 54.6 Å². The van der Waals surface area contributed by atoms with Crippen LogP contribution in [0.1, 0.15) is 5.56 Å². The van der Waals surface area contributed by atoms with Crippen LogP contribution >= 0.6 is 11.6 Å². The summed E-state index contributed by atoms with van der Waals surface area (Å²) in [6.45, 7) is 4.77. The van der Waals surface area contributed by atoms with E-state index in [9.17, 15) is 9.18 Å². The van der Waals surface area contributed by atoms with Crippen molar-refractivity contribution in [1.29, 1.82) is 0 Å². The van der Waals surface area contributed by atoms with Gasteiger partial charge in [-0.2, -0.15) is 0 Å². The van der Waals surface area contributed by atoms with E-state index < -0.39 is 5.82 Å². The van der Waals surface area contributed by atoms with Crippen LogP contribution in [0, 0.1) is 5.82 Å². The van der Waals surface area contributed by atoms with Crippen LogP contribution in [0.5, 0.6) is 0 Å². The summed E-state index contributed by atoms with van der Waals surface area (Å²) < 4.78 is 13.2. The average molecular weight is 388 g/mol. The summed E-state index contributed by atoms with van der Waals surface area (Å²) in [5.41, 5.74) is 1.71. The largest absolute Gasteiger partial charge is 0.325 e. The number of hydrogen-bond donors (Lipinski definition) is 1. The molecule has 0 saturated carbocycles. The molecular formula is C21H23ClFN3O. The summed E-state index contributed by atoms with van der Waals surface area (Å²) in [6, 6.07) is 14.4. The molecule has 0 atom stereocenters. The maximum absolute atomic E-state index is 13.2. The Morgan fingerprint density at radius 2 is 1.78 bits per heavy atom. The molecule has 1 heterocycles. The molecule has 3 rings (SSSR count). The fourth-order valence-corrected chi connectivity index (χ4v) is 3.19. The maximum atomic E-state index is 13.2. The Bertz CT molecular complexity index is 789. The van der Waals surface area contributed by atoms with Gasteiger partial charge < -0.3 is 5.32 Å². The zero-order chi connectivity index (χ0) is 19.1. The molecule has 1 aliphatic heterocycles. The fraction of sp³-hybridized carbons (Fsp3) is 0.286. The van der Waals surface area contributed by atoms with E-state index in [0.29, 0.717) is 12.2 Å². The van der Waals surface area contributed by atoms with Crippen molar-refractivity contribution in [2.24, 2.45) is 0 Å². The Balaban J connectivity index is 1.39. The van der Waals surface area contributed by atoms with Gasteiger partial charge in [0, 0.05) is 38.4 Å². The Labute approximate surface area is 164 Å². The predicted octanol–water partition coefficient (Wildman–Crippen LogP) is 3.75. The number of halogens is 2. The standard InChI is InChI=1S/C21H23ClFN3O/c22-19-15-18(8-9-20(19)23)24-21(27)16-26-13-11-25(12-14-26)10-4-7-17-5-2-1-3-6-17/h1-9,15H,10-14,16H2,(H,24,27)/b7-4+. The van der Waals surface area contributed by atoms with Gasteiger partial charge in [-0.3, -0.25) is 14.6 Å². The summed E-state index contributed by atoms with van der Waals surface area (Å²) in [4.78, 5) is 16.7. The number of carbonyl (C=O) groups is 1. The molecule has 2 aromatic rings. The van der Waals surface area contributed by atoms with Crippen molar-refractivity contribution >= 4 is 29.3 Å². The van der Waals surface area contributed by atoms with Crippen molar-refractivity contribution in [1.82, 2.24) is 9.80 Å². The number of piperazine rings is 1. The number of benzene rings is 2. The molecule has 0 aliphatic carbocycles. The molecule has 6 heteroatoms. The maximum Gasteiger partial charge on any atom is 0.238 e. The van der Waals surface area contributed by atoms with E-state index in [-0.39, 0.29) is 10.9 Å². The van der Waals surface area contributed by atoms with E-state index in [1.807, 2.05) is 18.2 Å². The van der Waals surface area contributed by atoms with Gasteiger partial charge in [-0.15, -0.1) is 0 Å². The van der Waals surface area contributed by atoms with Gasteiger partial charge in [0.15, 0.2) is 0 Å². The lowest BCUT2D eigenvalue weighted by Gasteiger charge is -2.33. The molecule has 1 fully saturated rings. The number of anilines is 1. The van der Waals surface area contributed by atoms with Crippen LogP contribution in [0.2, 0.25) is 5.02 Å². The second kappa shape index (κ2) is 9.65. The third-order valence-corrected chi connectivity index (χ3v) is 4.80. The van der Waals surface area contributed by atoms with E-state index in [2.05, 4.69) is 39.4 Å². The number of nitrogens with zero attached hydrogens (tertiary/aromatic N) is 2. The molecular weight excluding hydrogens is 365 g/mol. The van der Waals surface area contributed by atoms with Crippen molar-refractivity contribution in [2.75, 3.05) is 44.6 Å². The van der Waals surface area contributed by atoms with Crippen LogP contribution in [0.25, 0.3) is 6.08 Å². The van der Waals surface area contributed by atoms with Gasteiger partial charge in [-0.1, -0.05) is 54.1 Å². The smallest absolute Gasteiger partial charge is 0.238 e. The first-order valence-electron chi connectivity index (χ1n) is 9.01. The third kappa shape index (κ3) is 6.17. The predicted molar refractivity (Wildman–Crippen MR) is 108 cm³/mol. The van der Waals surface area contributed by atoms with E-state index in [1.165, 1.54) is 23.8 Å². The summed E-state index contributed by atoms with van der Waals surface area (Å²) in [6.07, 6.45) is 4.31. The number of hydrogen-bond acceptors (Lipinski definition) is 3. The van der Waals surface area contributed by atoms with E-state index >= 15 is 0 Å². The van der Waals surface area contributed by atoms with Crippen LogP contribution in [-0.2, 0) is 4.79 Å². The van der Waals surface area contributed by atoms with Crippen molar-refractivity contribution < 1.29 is 9.18 Å². The minimum Gasteiger partial charge on any atom is -0.325 e. The second-order valence-electron chi connectivity index (χ2n) is 6.57. The Hall–Kier alpha value is -2.21. The van der Waals surface area contributed by atoms with Crippen molar-refractivity contribution in [3.05, 3.63) is 71.0 Å². The first-order chi connectivity index (χ1) is 13.1. The fourth-order valence-electron chi connectivity index (χ4n) is 3.01. The van der Waals surface area contributed by atoms with Gasteiger partial charge in [0.1, 0.15) is 5.82 Å². The van der Waals surface area contributed by atoms with Crippen LogP contribution < -0.4 is 5.32 Å². The highest BCUT2D eigenvalue weighted by Gasteiger charge is 2.18. The molecule has 27 heavy (non-hydrogen) atoms. The number of amides is 1. The van der Waals surface area contributed by atoms with Gasteiger partial charge in [0.25, 0.3) is 0 Å². The molecule has 1 saturated heterocycles. The lowest BCUT2D eigenvalue weighted by atomic mass is 10.2. The Kier molecular flexibility index (Phi) is 6.98. The molecule has 0 spiro atoms. The second-order valence-corrected chi connectivity index (χ2v) is 6.97. The molecule has 1 N–H and O–H groups in total. The van der Waals surface area contributed by atoms with Gasteiger partial charge in [0.2, 0.25) is 5.91 Å². The van der Waals surface area contributed by atoms with Gasteiger partial charge in [-0.25, -0.2) is 4.39 Å². The lowest BCUT2D eigenvalue weighted by Crippen LogP contribution is -2.48. The topological polar surface area (TPSA) is 35.6 Å². The molecule has 0 bridgehead atoms. The number of carbonyl (C=O) groups excluding carboxylic acids is 1. The third-order valence-electron chi connectivity index (χ3n) is 4.51. The van der Waals surface area contributed by atoms with Crippen LogP contribution in [-0.4, -0.2) is 55.0 Å². The highest BCUT2D eigenvalue weighted by molar-refractivity contribution is 6.31. The minimum absolute atomic E-state index is 0.00460. The molecule has 4 nitrogen and oxygen atoms in total. The zero-order valence-corrected chi connectivity index (χ0v) is 15.8. The monoisotopic (exact) mass is 387 g/mol. The first kappa shape index (κ1) is 19.5. The minimum atomic E-state index is -0.493. The highest BCUT2D eigenvalue weighted by atomic mass is 35.5. The van der Waals surface area contributed by atoms with E-state index in [4.69, 9.17) is 11.6 Å². The molecule has 142 valence electrons. The lowest BCUT2D eigenvalue weighted by molar-refractivity contribution is -0.117. The van der Waals surface area contributed by atoms with Crippen molar-refractivity contribution in [2.45, 2.75) is 0 Å². The summed E-state index contributed by atoms with van der Waals surface area (Å²) in [5.74, 6) is -0.609. The Morgan fingerprint density at radius 3 is 2.48 bits per heavy atom. The summed E-state index contributed by atoms with van der Waals surface area (Å²) >= 11 is 5.74. The molecule has 0 unspecified atom stereocenters. The molecule has 1 amide bonds. The summed E-state index contributed by atoms with van der Waals surface area (Å²) in [5, 5.41) is 2.77. The van der Waals surface area contributed by atoms with Gasteiger partial charge in [0.05, 0.1) is 11.6 Å². The molecule has 1 aliphatic rings. The van der Waals surface area contributed by atoms with Crippen molar-refractivity contribution in [3.63, 3.8) is 0 Å². The Morgan fingerprint density at radius 1 is 1.07 bits per heavy atom. The normalized spacial score (nSPS) is 15.9. The first-order valence-corrected chi connectivity index (χ1v) is 9.39. The van der Waals surface area contributed by atoms with E-state index in [1.54, 1.807) is 0 Å². The van der Waals surface area contributed by atoms with E-state index in [0.717, 1.165) is 32.7 Å². The van der Waals surface area contributed by atoms with Crippen LogP contribution in [0.3, 0.4) is 0 Å². The molecule has 2 aromatic carbocycles. The summed E-state index contributed by atoms with van der Waals surface area (Å²) in [7, 11) is 0. The number of rotatable bonds is 6. The van der Waals surface area contributed by atoms with Crippen molar-refractivity contribution in [3.8, 4) is 0 Å². The van der Waals surface area contributed by atoms with Gasteiger partial charge in [-0.05, 0) is 23.8 Å². The quantitative estimate of drug-likeness (QED) is 0.820. The number of nitrogens with one attached hydrogen (secondary N) is 1. The zero-order valence-electron chi connectivity index (χ0n) is 15.1. The highest BCUT2D eigenvalue weighted by Crippen LogP contribution is 2.19. The average Bonchev–Trinajstić information content (AvgIpc) is 2.67. The van der Waals surface area contributed by atoms with Gasteiger partial charge >= 0.3 is 0 Å². The van der Waals surface area contributed by atoms with Crippen LogP contribution in [0.4, 0.5) is 10.1 Å².